The number of ether oxygens (including phenoxy) is 1. The van der Waals surface area contributed by atoms with Gasteiger partial charge in [-0.3, -0.25) is 4.90 Å². The van der Waals surface area contributed by atoms with Crippen LogP contribution in [0.2, 0.25) is 0 Å². The van der Waals surface area contributed by atoms with Crippen molar-refractivity contribution in [3.8, 4) is 0 Å². The average molecular weight is 345 g/mol. The molecule has 24 heavy (non-hydrogen) atoms. The summed E-state index contributed by atoms with van der Waals surface area (Å²) in [6.07, 6.45) is 1.03. The van der Waals surface area contributed by atoms with Gasteiger partial charge in [0.2, 0.25) is 0 Å². The third-order valence-corrected chi connectivity index (χ3v) is 5.56. The van der Waals surface area contributed by atoms with Crippen molar-refractivity contribution in [1.82, 2.24) is 4.90 Å². The average Bonchev–Trinajstić information content (AvgIpc) is 2.90. The number of nitrogens with zero attached hydrogens (tertiary/aromatic N) is 1. The molecule has 0 unspecified atom stereocenters. The number of halogens is 4. The number of likely N-dealkylation sites (tertiary alicyclic amines) is 1. The molecule has 2 aliphatic rings. The highest BCUT2D eigenvalue weighted by molar-refractivity contribution is 5.27. The van der Waals surface area contributed by atoms with E-state index in [2.05, 4.69) is 4.90 Å². The molecule has 0 N–H and O–H groups in total. The van der Waals surface area contributed by atoms with Crippen LogP contribution < -0.4 is 0 Å². The van der Waals surface area contributed by atoms with Crippen molar-refractivity contribution in [2.75, 3.05) is 20.2 Å². The van der Waals surface area contributed by atoms with Gasteiger partial charge in [-0.05, 0) is 50.4 Å². The number of hydrogen-bond donors (Lipinski definition) is 0. The lowest BCUT2D eigenvalue weighted by atomic mass is 9.76. The zero-order chi connectivity index (χ0) is 17.4. The Morgan fingerprint density at radius 3 is 2.71 bits per heavy atom. The smallest absolute Gasteiger partial charge is 0.381 e. The molecule has 134 valence electrons. The van der Waals surface area contributed by atoms with E-state index in [-0.39, 0.29) is 23.6 Å². The van der Waals surface area contributed by atoms with E-state index in [0.717, 1.165) is 63.4 Å². The lowest BCUT2D eigenvalue weighted by Gasteiger charge is -2.43. The standard InChI is InChI=1S/C18H23F4NO/c1-24-16-4-2-7-17(16)8-3-9-23(12-17)11-13-10-14(18(20,21)22)5-6-15(13)19/h5-6,10,16H,2-4,7-9,11-12H2,1H3/t16-,17+/m1/s1. The number of piperidine rings is 1. The second-order valence-corrected chi connectivity index (χ2v) is 7.10. The Bertz CT molecular complexity index is 589. The van der Waals surface area contributed by atoms with Gasteiger partial charge in [-0.1, -0.05) is 6.42 Å². The van der Waals surface area contributed by atoms with Crippen molar-refractivity contribution in [3.05, 3.63) is 35.1 Å². The van der Waals surface area contributed by atoms with Crippen molar-refractivity contribution in [3.63, 3.8) is 0 Å². The Morgan fingerprint density at radius 1 is 1.25 bits per heavy atom. The Hall–Kier alpha value is -1.14. The Kier molecular flexibility index (Phi) is 4.89. The van der Waals surface area contributed by atoms with Crippen LogP contribution in [-0.4, -0.2) is 31.2 Å². The minimum atomic E-state index is -4.45. The molecule has 1 heterocycles. The molecule has 1 saturated carbocycles. The number of alkyl halides is 3. The lowest BCUT2D eigenvalue weighted by molar-refractivity contribution is -0.137. The zero-order valence-corrected chi connectivity index (χ0v) is 13.8. The third-order valence-electron chi connectivity index (χ3n) is 5.56. The Morgan fingerprint density at radius 2 is 2.00 bits per heavy atom. The summed E-state index contributed by atoms with van der Waals surface area (Å²) in [5.41, 5.74) is -0.597. The van der Waals surface area contributed by atoms with E-state index in [1.807, 2.05) is 0 Å². The summed E-state index contributed by atoms with van der Waals surface area (Å²) in [7, 11) is 1.73. The Labute approximate surface area is 139 Å². The molecule has 1 aromatic rings. The molecule has 1 aliphatic carbocycles. The summed E-state index contributed by atoms with van der Waals surface area (Å²) in [5, 5.41) is 0. The first-order chi connectivity index (χ1) is 11.3. The van der Waals surface area contributed by atoms with Crippen LogP contribution in [0.4, 0.5) is 17.6 Å². The largest absolute Gasteiger partial charge is 0.416 e. The maximum Gasteiger partial charge on any atom is 0.416 e. The molecule has 3 rings (SSSR count). The van der Waals surface area contributed by atoms with Gasteiger partial charge in [-0.15, -0.1) is 0 Å². The fraction of sp³-hybridized carbons (Fsp3) is 0.667. The molecule has 0 bridgehead atoms. The van der Waals surface area contributed by atoms with Crippen LogP contribution in [0.15, 0.2) is 18.2 Å². The molecule has 2 atom stereocenters. The van der Waals surface area contributed by atoms with Crippen LogP contribution in [0.1, 0.15) is 43.2 Å². The molecular formula is C18H23F4NO. The first kappa shape index (κ1) is 17.7. The molecule has 1 aromatic carbocycles. The highest BCUT2D eigenvalue weighted by atomic mass is 19.4. The van der Waals surface area contributed by atoms with Gasteiger partial charge in [0.05, 0.1) is 11.7 Å². The van der Waals surface area contributed by atoms with Gasteiger partial charge >= 0.3 is 6.18 Å². The van der Waals surface area contributed by atoms with Gasteiger partial charge in [0.15, 0.2) is 0 Å². The van der Waals surface area contributed by atoms with Crippen LogP contribution in [-0.2, 0) is 17.5 Å². The van der Waals surface area contributed by atoms with Crippen LogP contribution >= 0.6 is 0 Å². The van der Waals surface area contributed by atoms with Gasteiger partial charge in [-0.25, -0.2) is 4.39 Å². The van der Waals surface area contributed by atoms with Crippen molar-refractivity contribution < 1.29 is 22.3 Å². The van der Waals surface area contributed by atoms with E-state index >= 15 is 0 Å². The molecule has 2 nitrogen and oxygen atoms in total. The quantitative estimate of drug-likeness (QED) is 0.741. The molecule has 0 radical (unpaired) electrons. The molecular weight excluding hydrogens is 322 g/mol. The first-order valence-electron chi connectivity index (χ1n) is 8.45. The predicted molar refractivity (Wildman–Crippen MR) is 83.0 cm³/mol. The number of hydrogen-bond acceptors (Lipinski definition) is 2. The molecule has 0 aromatic heterocycles. The van der Waals surface area contributed by atoms with Gasteiger partial charge < -0.3 is 4.74 Å². The maximum atomic E-state index is 14.0. The molecule has 1 saturated heterocycles. The van der Waals surface area contributed by atoms with Crippen LogP contribution in [0.25, 0.3) is 0 Å². The third kappa shape index (κ3) is 3.45. The summed E-state index contributed by atoms with van der Waals surface area (Å²) in [5.74, 6) is -0.572. The molecule has 1 spiro atoms. The number of methoxy groups -OCH3 is 1. The fourth-order valence-corrected chi connectivity index (χ4v) is 4.45. The van der Waals surface area contributed by atoms with E-state index in [9.17, 15) is 17.6 Å². The van der Waals surface area contributed by atoms with E-state index in [1.165, 1.54) is 0 Å². The van der Waals surface area contributed by atoms with Gasteiger partial charge in [0, 0.05) is 31.2 Å². The monoisotopic (exact) mass is 345 g/mol. The van der Waals surface area contributed by atoms with E-state index < -0.39 is 17.6 Å². The summed E-state index contributed by atoms with van der Waals surface area (Å²) in [4.78, 5) is 2.08. The van der Waals surface area contributed by atoms with Crippen LogP contribution in [0.5, 0.6) is 0 Å². The molecule has 6 heteroatoms. The van der Waals surface area contributed by atoms with E-state index in [0.29, 0.717) is 0 Å². The summed E-state index contributed by atoms with van der Waals surface area (Å²) >= 11 is 0. The number of benzene rings is 1. The SMILES string of the molecule is CO[C@@H]1CCC[C@@]12CCCN(Cc1cc(C(F)(F)F)ccc1F)C2. The minimum absolute atomic E-state index is 0.0745. The van der Waals surface area contributed by atoms with Crippen molar-refractivity contribution in [2.45, 2.75) is 50.9 Å². The summed E-state index contributed by atoms with van der Waals surface area (Å²) < 4.78 is 58.2. The van der Waals surface area contributed by atoms with Crippen molar-refractivity contribution in [2.24, 2.45) is 5.41 Å². The van der Waals surface area contributed by atoms with E-state index in [1.54, 1.807) is 7.11 Å². The summed E-state index contributed by atoms with van der Waals surface area (Å²) in [6.45, 7) is 1.77. The van der Waals surface area contributed by atoms with Crippen molar-refractivity contribution >= 4 is 0 Å². The van der Waals surface area contributed by atoms with Crippen molar-refractivity contribution in [1.29, 1.82) is 0 Å². The molecule has 1 aliphatic heterocycles. The van der Waals surface area contributed by atoms with Gasteiger partial charge in [0.25, 0.3) is 0 Å². The molecule has 0 amide bonds. The highest BCUT2D eigenvalue weighted by Gasteiger charge is 2.45. The maximum absolute atomic E-state index is 14.0. The predicted octanol–water partition coefficient (Wildman–Crippen LogP) is 4.63. The lowest BCUT2D eigenvalue weighted by Crippen LogP contribution is -2.47. The van der Waals surface area contributed by atoms with Gasteiger partial charge in [0.1, 0.15) is 5.82 Å². The minimum Gasteiger partial charge on any atom is -0.381 e. The van der Waals surface area contributed by atoms with Crippen LogP contribution in [0.3, 0.4) is 0 Å². The highest BCUT2D eigenvalue weighted by Crippen LogP contribution is 2.46. The molecule has 2 fully saturated rings. The second-order valence-electron chi connectivity index (χ2n) is 7.10. The topological polar surface area (TPSA) is 12.5 Å². The normalized spacial score (nSPS) is 28.6. The second kappa shape index (κ2) is 6.64. The first-order valence-corrected chi connectivity index (χ1v) is 8.45. The van der Waals surface area contributed by atoms with Gasteiger partial charge in [-0.2, -0.15) is 13.2 Å². The fourth-order valence-electron chi connectivity index (χ4n) is 4.45. The van der Waals surface area contributed by atoms with Crippen LogP contribution in [0, 0.1) is 11.2 Å². The summed E-state index contributed by atoms with van der Waals surface area (Å²) in [6, 6.07) is 2.67. The van der Waals surface area contributed by atoms with E-state index in [4.69, 9.17) is 4.74 Å². The zero-order valence-electron chi connectivity index (χ0n) is 13.8. The Balaban J connectivity index is 1.76. The number of rotatable bonds is 3.